The van der Waals surface area contributed by atoms with E-state index in [-0.39, 0.29) is 19.4 Å². The molecule has 0 aromatic heterocycles. The molecule has 0 spiro atoms. The number of alkyl halides is 2. The highest BCUT2D eigenvalue weighted by Gasteiger charge is 2.18. The van der Waals surface area contributed by atoms with Gasteiger partial charge in [0.15, 0.2) is 11.5 Å². The predicted octanol–water partition coefficient (Wildman–Crippen LogP) is 2.35. The van der Waals surface area contributed by atoms with Crippen molar-refractivity contribution in [1.82, 2.24) is 5.32 Å². The van der Waals surface area contributed by atoms with E-state index in [2.05, 4.69) is 5.32 Å². The van der Waals surface area contributed by atoms with E-state index in [0.29, 0.717) is 11.5 Å². The van der Waals surface area contributed by atoms with Gasteiger partial charge in [0.1, 0.15) is 6.61 Å². The molecule has 1 atom stereocenters. The molecular weight excluding hydrogens is 256 g/mol. The summed E-state index contributed by atoms with van der Waals surface area (Å²) >= 11 is 0. The Hall–Kier alpha value is -1.40. The summed E-state index contributed by atoms with van der Waals surface area (Å²) in [6.07, 6.45) is -2.45. The summed E-state index contributed by atoms with van der Waals surface area (Å²) in [5.74, 6) is 1.38. The molecule has 1 aliphatic heterocycles. The van der Waals surface area contributed by atoms with Crippen LogP contribution in [0.5, 0.6) is 11.5 Å². The van der Waals surface area contributed by atoms with Crippen LogP contribution in [0.15, 0.2) is 18.2 Å². The van der Waals surface area contributed by atoms with Crippen molar-refractivity contribution in [2.75, 3.05) is 26.6 Å². The molecule has 1 N–H and O–H groups in total. The van der Waals surface area contributed by atoms with Crippen molar-refractivity contribution < 1.29 is 23.0 Å². The van der Waals surface area contributed by atoms with Gasteiger partial charge in [0.05, 0.1) is 12.6 Å². The molecule has 0 bridgehead atoms. The Morgan fingerprint density at radius 1 is 1.26 bits per heavy atom. The maximum atomic E-state index is 12.1. The first-order valence-corrected chi connectivity index (χ1v) is 6.19. The molecule has 1 aromatic rings. The molecule has 1 aliphatic rings. The first kappa shape index (κ1) is 14.0. The fourth-order valence-electron chi connectivity index (χ4n) is 1.92. The Kier molecular flexibility index (Phi) is 4.93. The predicted molar refractivity (Wildman–Crippen MR) is 65.8 cm³/mol. The summed E-state index contributed by atoms with van der Waals surface area (Å²) in [5, 5.41) is 3.20. The monoisotopic (exact) mass is 273 g/mol. The summed E-state index contributed by atoms with van der Waals surface area (Å²) in [4.78, 5) is 0. The number of rotatable bonds is 7. The molecule has 0 amide bonds. The average molecular weight is 273 g/mol. The molecule has 0 fully saturated rings. The lowest BCUT2D eigenvalue weighted by atomic mass is 10.1. The van der Waals surface area contributed by atoms with Crippen LogP contribution < -0.4 is 14.8 Å². The molecule has 0 saturated carbocycles. The van der Waals surface area contributed by atoms with Crippen LogP contribution in [-0.2, 0) is 4.74 Å². The third-order valence-corrected chi connectivity index (χ3v) is 2.78. The number of benzene rings is 1. The summed E-state index contributed by atoms with van der Waals surface area (Å²) in [5.41, 5.74) is 0.931. The van der Waals surface area contributed by atoms with Crippen LogP contribution in [-0.4, -0.2) is 33.0 Å². The third kappa shape index (κ3) is 3.78. The second-order valence-electron chi connectivity index (χ2n) is 4.15. The first-order valence-electron chi connectivity index (χ1n) is 6.19. The number of nitrogens with one attached hydrogen (secondary N) is 1. The highest BCUT2D eigenvalue weighted by Crippen LogP contribution is 2.34. The molecule has 0 saturated heterocycles. The smallest absolute Gasteiger partial charge is 0.261 e. The van der Waals surface area contributed by atoms with Crippen LogP contribution in [0.1, 0.15) is 18.5 Å². The summed E-state index contributed by atoms with van der Waals surface area (Å²) in [6, 6.07) is 5.40. The zero-order chi connectivity index (χ0) is 13.7. The van der Waals surface area contributed by atoms with E-state index in [9.17, 15) is 8.78 Å². The zero-order valence-corrected chi connectivity index (χ0v) is 10.7. The number of hydrogen-bond donors (Lipinski definition) is 1. The maximum absolute atomic E-state index is 12.1. The number of ether oxygens (including phenoxy) is 3. The van der Waals surface area contributed by atoms with Crippen LogP contribution in [0, 0.1) is 0 Å². The Balaban J connectivity index is 2.01. The van der Waals surface area contributed by atoms with Crippen LogP contribution in [0.3, 0.4) is 0 Å². The van der Waals surface area contributed by atoms with Crippen molar-refractivity contribution >= 4 is 0 Å². The largest absolute Gasteiger partial charge is 0.454 e. The zero-order valence-electron chi connectivity index (χ0n) is 10.7. The molecule has 0 radical (unpaired) electrons. The van der Waals surface area contributed by atoms with Gasteiger partial charge in [0.2, 0.25) is 6.79 Å². The molecule has 1 heterocycles. The van der Waals surface area contributed by atoms with Crippen molar-refractivity contribution in [1.29, 1.82) is 0 Å². The van der Waals surface area contributed by atoms with Crippen LogP contribution in [0.25, 0.3) is 0 Å². The Morgan fingerprint density at radius 2 is 2.05 bits per heavy atom. The van der Waals surface area contributed by atoms with Gasteiger partial charge in [-0.25, -0.2) is 8.78 Å². The molecule has 1 aromatic carbocycles. The van der Waals surface area contributed by atoms with Crippen molar-refractivity contribution in [3.63, 3.8) is 0 Å². The van der Waals surface area contributed by atoms with Gasteiger partial charge in [-0.05, 0) is 24.2 Å². The van der Waals surface area contributed by atoms with Gasteiger partial charge in [-0.3, -0.25) is 0 Å². The summed E-state index contributed by atoms with van der Waals surface area (Å²) < 4.78 is 39.7. The first-order chi connectivity index (χ1) is 9.20. The normalized spacial score (nSPS) is 14.9. The molecule has 19 heavy (non-hydrogen) atoms. The van der Waals surface area contributed by atoms with Crippen molar-refractivity contribution in [3.8, 4) is 11.5 Å². The molecule has 6 heteroatoms. The van der Waals surface area contributed by atoms with E-state index in [1.165, 1.54) is 0 Å². The number of fused-ring (bicyclic) bond motifs is 1. The van der Waals surface area contributed by atoms with E-state index in [1.807, 2.05) is 25.1 Å². The Bertz CT molecular complexity index is 415. The fourth-order valence-corrected chi connectivity index (χ4v) is 1.92. The lowest BCUT2D eigenvalue weighted by molar-refractivity contribution is 0.00933. The van der Waals surface area contributed by atoms with Crippen molar-refractivity contribution in [2.24, 2.45) is 0 Å². The quantitative estimate of drug-likeness (QED) is 0.827. The minimum Gasteiger partial charge on any atom is -0.454 e. The fraction of sp³-hybridized carbons (Fsp3) is 0.538. The van der Waals surface area contributed by atoms with Gasteiger partial charge in [-0.2, -0.15) is 0 Å². The highest BCUT2D eigenvalue weighted by atomic mass is 19.3. The number of hydrogen-bond acceptors (Lipinski definition) is 4. The third-order valence-electron chi connectivity index (χ3n) is 2.78. The standard InChI is InChI=1S/C13H17F2NO3/c1-2-16-10(6-17-7-13(14)15)9-3-4-11-12(5-9)19-8-18-11/h3-5,10,13,16H,2,6-8H2,1H3. The summed E-state index contributed by atoms with van der Waals surface area (Å²) in [7, 11) is 0. The van der Waals surface area contributed by atoms with Crippen molar-refractivity contribution in [3.05, 3.63) is 23.8 Å². The SMILES string of the molecule is CCNC(COCC(F)F)c1ccc2c(c1)OCO2. The van der Waals surface area contributed by atoms with Gasteiger partial charge in [0.25, 0.3) is 6.43 Å². The topological polar surface area (TPSA) is 39.7 Å². The van der Waals surface area contributed by atoms with Crippen molar-refractivity contribution in [2.45, 2.75) is 19.4 Å². The average Bonchev–Trinajstić information content (AvgIpc) is 2.84. The maximum Gasteiger partial charge on any atom is 0.261 e. The molecule has 0 aliphatic carbocycles. The van der Waals surface area contributed by atoms with E-state index in [1.54, 1.807) is 0 Å². The minimum absolute atomic E-state index is 0.141. The van der Waals surface area contributed by atoms with E-state index >= 15 is 0 Å². The molecular formula is C13H17F2NO3. The summed E-state index contributed by atoms with van der Waals surface area (Å²) in [6.45, 7) is 2.53. The lowest BCUT2D eigenvalue weighted by Gasteiger charge is -2.18. The Morgan fingerprint density at radius 3 is 2.79 bits per heavy atom. The lowest BCUT2D eigenvalue weighted by Crippen LogP contribution is -2.26. The van der Waals surface area contributed by atoms with E-state index in [4.69, 9.17) is 14.2 Å². The molecule has 1 unspecified atom stereocenters. The molecule has 106 valence electrons. The van der Waals surface area contributed by atoms with Gasteiger partial charge in [-0.15, -0.1) is 0 Å². The van der Waals surface area contributed by atoms with Gasteiger partial charge in [-0.1, -0.05) is 13.0 Å². The number of halogens is 2. The van der Waals surface area contributed by atoms with E-state index in [0.717, 1.165) is 12.1 Å². The second-order valence-corrected chi connectivity index (χ2v) is 4.15. The molecule has 4 nitrogen and oxygen atoms in total. The second kappa shape index (κ2) is 6.68. The van der Waals surface area contributed by atoms with E-state index < -0.39 is 13.0 Å². The van der Waals surface area contributed by atoms with Gasteiger partial charge < -0.3 is 19.5 Å². The van der Waals surface area contributed by atoms with Crippen LogP contribution in [0.2, 0.25) is 0 Å². The van der Waals surface area contributed by atoms with Crippen LogP contribution >= 0.6 is 0 Å². The van der Waals surface area contributed by atoms with Gasteiger partial charge in [0, 0.05) is 0 Å². The Labute approximate surface area is 110 Å². The van der Waals surface area contributed by atoms with Gasteiger partial charge >= 0.3 is 0 Å². The van der Waals surface area contributed by atoms with Crippen LogP contribution in [0.4, 0.5) is 8.78 Å². The number of likely N-dealkylation sites (N-methyl/N-ethyl adjacent to an activating group) is 1. The molecule has 2 rings (SSSR count). The highest BCUT2D eigenvalue weighted by molar-refractivity contribution is 5.45. The minimum atomic E-state index is -2.45.